The summed E-state index contributed by atoms with van der Waals surface area (Å²) in [6, 6.07) is 5.34. The summed E-state index contributed by atoms with van der Waals surface area (Å²) in [5.74, 6) is -0.858. The van der Waals surface area contributed by atoms with Gasteiger partial charge in [0.2, 0.25) is 5.91 Å². The molecule has 0 unspecified atom stereocenters. The first-order valence-electron chi connectivity index (χ1n) is 14.1. The van der Waals surface area contributed by atoms with E-state index in [-0.39, 0.29) is 18.5 Å². The Morgan fingerprint density at radius 2 is 2.24 bits per heavy atom. The molecule has 3 amide bonds. The monoisotopic (exact) mass is 456 g/mol. The molecule has 1 aromatic carbocycles. The van der Waals surface area contributed by atoms with E-state index in [0.717, 1.165) is 16.8 Å². The van der Waals surface area contributed by atoms with Gasteiger partial charge >= 0.3 is 6.03 Å². The number of aromatic amines is 1. The van der Waals surface area contributed by atoms with Gasteiger partial charge in [0.15, 0.2) is 0 Å². The normalized spacial score (nSPS) is 25.3. The Bertz CT molecular complexity index is 1190. The van der Waals surface area contributed by atoms with Crippen LogP contribution in [-0.4, -0.2) is 84.4 Å². The number of piperidine rings is 1. The third-order valence-corrected chi connectivity index (χ3v) is 6.96. The number of urea groups is 1. The Labute approximate surface area is 203 Å². The number of H-pyrrole nitrogens is 1. The van der Waals surface area contributed by atoms with Crippen molar-refractivity contribution in [3.05, 3.63) is 48.2 Å². The number of hydrogen-bond donors (Lipinski definition) is 2. The Morgan fingerprint density at radius 3 is 3.00 bits per heavy atom. The average Bonchev–Trinajstić information content (AvgIpc) is 3.25. The molecule has 33 heavy (non-hydrogen) atoms. The molecule has 1 aliphatic carbocycles. The van der Waals surface area contributed by atoms with Crippen LogP contribution in [0.5, 0.6) is 0 Å². The maximum absolute atomic E-state index is 13.9. The number of carbonyl (C=O) groups excluding carboxylic acids is 2. The molecule has 2 heterocycles. The fraction of sp³-hybridized carbons (Fsp3) is 0.538. The predicted octanol–water partition coefficient (Wildman–Crippen LogP) is 3.19. The van der Waals surface area contributed by atoms with Crippen LogP contribution in [0.25, 0.3) is 10.9 Å². The van der Waals surface area contributed by atoms with Crippen LogP contribution in [0.4, 0.5) is 4.79 Å². The van der Waals surface area contributed by atoms with E-state index in [2.05, 4.69) is 28.7 Å². The van der Waals surface area contributed by atoms with Crippen molar-refractivity contribution in [3.8, 4) is 0 Å². The molecule has 0 spiro atoms. The van der Waals surface area contributed by atoms with Crippen LogP contribution < -0.4 is 5.32 Å². The van der Waals surface area contributed by atoms with Gasteiger partial charge in [-0.2, -0.15) is 0 Å². The topological polar surface area (TPSA) is 71.7 Å². The second-order valence-corrected chi connectivity index (χ2v) is 9.34. The predicted molar refractivity (Wildman–Crippen MR) is 132 cm³/mol. The number of likely N-dealkylation sites (tertiary alicyclic amines) is 1. The highest BCUT2D eigenvalue weighted by atomic mass is 16.2. The number of imide groups is 1. The Morgan fingerprint density at radius 1 is 1.39 bits per heavy atom. The summed E-state index contributed by atoms with van der Waals surface area (Å²) in [6.45, 7) is -0.436. The molecule has 3 atom stereocenters. The van der Waals surface area contributed by atoms with Crippen molar-refractivity contribution in [2.75, 3.05) is 46.8 Å². The van der Waals surface area contributed by atoms with Crippen LogP contribution in [-0.2, 0) is 11.2 Å². The molecule has 0 bridgehead atoms. The van der Waals surface area contributed by atoms with Crippen molar-refractivity contribution >= 4 is 22.8 Å². The number of nitrogens with one attached hydrogen (secondary N) is 2. The lowest BCUT2D eigenvalue weighted by Crippen LogP contribution is -2.55. The summed E-state index contributed by atoms with van der Waals surface area (Å²) in [4.78, 5) is 35.7. The molecular formula is C26H37N5O2. The molecule has 2 N–H and O–H groups in total. The maximum Gasteiger partial charge on any atom is 0.324 e. The van der Waals surface area contributed by atoms with Crippen LogP contribution in [0.15, 0.2) is 37.1 Å². The summed E-state index contributed by atoms with van der Waals surface area (Å²) >= 11 is 0. The highest BCUT2D eigenvalue weighted by molar-refractivity contribution is 5.96. The van der Waals surface area contributed by atoms with E-state index in [1.165, 1.54) is 16.5 Å². The molecule has 1 aromatic heterocycles. The van der Waals surface area contributed by atoms with E-state index in [9.17, 15) is 9.59 Å². The highest BCUT2D eigenvalue weighted by Crippen LogP contribution is 2.45. The van der Waals surface area contributed by atoms with Crippen LogP contribution in [0.2, 0.25) is 0 Å². The van der Waals surface area contributed by atoms with Crippen LogP contribution in [0.1, 0.15) is 43.6 Å². The molecule has 1 aliphatic heterocycles. The molecule has 0 saturated carbocycles. The van der Waals surface area contributed by atoms with Crippen LogP contribution >= 0.6 is 0 Å². The van der Waals surface area contributed by atoms with E-state index in [1.807, 2.05) is 42.5 Å². The van der Waals surface area contributed by atoms with Crippen molar-refractivity contribution in [3.63, 3.8) is 0 Å². The Hall–Kier alpha value is -2.64. The Balaban J connectivity index is 1.63. The fourth-order valence-electron chi connectivity index (χ4n) is 5.55. The van der Waals surface area contributed by atoms with Gasteiger partial charge in [0.25, 0.3) is 0 Å². The zero-order chi connectivity index (χ0) is 27.8. The molecule has 0 radical (unpaired) electrons. The second kappa shape index (κ2) is 10.1. The van der Waals surface area contributed by atoms with Gasteiger partial charge in [0, 0.05) is 62.0 Å². The number of amides is 3. The smallest absolute Gasteiger partial charge is 0.324 e. The van der Waals surface area contributed by atoms with E-state index < -0.39 is 31.2 Å². The lowest BCUT2D eigenvalue weighted by Gasteiger charge is -2.47. The van der Waals surface area contributed by atoms with Gasteiger partial charge in [-0.25, -0.2) is 4.79 Å². The van der Waals surface area contributed by atoms with E-state index in [0.29, 0.717) is 32.5 Å². The molecule has 7 nitrogen and oxygen atoms in total. The number of rotatable bonds is 8. The van der Waals surface area contributed by atoms with Gasteiger partial charge in [-0.05, 0) is 63.9 Å². The van der Waals surface area contributed by atoms with E-state index >= 15 is 0 Å². The molecule has 2 aromatic rings. The molecule has 1 saturated heterocycles. The molecule has 2 aliphatic rings. The minimum atomic E-state index is -3.07. The van der Waals surface area contributed by atoms with E-state index in [1.54, 1.807) is 0 Å². The van der Waals surface area contributed by atoms with Crippen molar-refractivity contribution in [1.82, 2.24) is 25.0 Å². The summed E-state index contributed by atoms with van der Waals surface area (Å²) in [6.07, 6.45) is 5.75. The quantitative estimate of drug-likeness (QED) is 0.599. The third kappa shape index (κ3) is 4.70. The van der Waals surface area contributed by atoms with Crippen LogP contribution in [0.3, 0.4) is 0 Å². The summed E-state index contributed by atoms with van der Waals surface area (Å²) in [7, 11) is 3.76. The lowest BCUT2D eigenvalue weighted by molar-refractivity contribution is -0.135. The molecule has 1 fully saturated rings. The minimum Gasteiger partial charge on any atom is -0.361 e. The van der Waals surface area contributed by atoms with Gasteiger partial charge < -0.3 is 15.2 Å². The number of benzene rings is 1. The minimum absolute atomic E-state index is 0.0590. The number of fused-ring (bicyclic) bond motifs is 2. The lowest BCUT2D eigenvalue weighted by atomic mass is 9.72. The van der Waals surface area contributed by atoms with Crippen LogP contribution in [0, 0.1) is 5.92 Å². The largest absolute Gasteiger partial charge is 0.361 e. The Kier molecular flexibility index (Phi) is 5.44. The standard InChI is InChI=1S/C26H37N5O2/c1-5-11-30-17-19(25(32)31(26(33)27-6-2)13-8-12-29(3)4)14-21-20-9-7-10-22-24(20)18(16-28-22)15-23(21)30/h5,7,9-10,16,19,21,23,28H,1,6,8,11-15,17H2,2-4H3,(H,27,33)/t19-,21-,23-/m1/s1/i2D3,6D2. The number of aromatic nitrogens is 1. The molecule has 7 heteroatoms. The number of hydrogen-bond acceptors (Lipinski definition) is 4. The summed E-state index contributed by atoms with van der Waals surface area (Å²) in [5, 5.41) is 3.16. The van der Waals surface area contributed by atoms with Gasteiger partial charge in [0.05, 0.1) is 5.92 Å². The van der Waals surface area contributed by atoms with Gasteiger partial charge in [-0.15, -0.1) is 6.58 Å². The zero-order valence-corrected chi connectivity index (χ0v) is 19.4. The van der Waals surface area contributed by atoms with Gasteiger partial charge in [-0.1, -0.05) is 18.2 Å². The zero-order valence-electron chi connectivity index (χ0n) is 24.4. The summed E-state index contributed by atoms with van der Waals surface area (Å²) < 4.78 is 38.1. The van der Waals surface area contributed by atoms with Gasteiger partial charge in [-0.3, -0.25) is 14.6 Å². The summed E-state index contributed by atoms with van der Waals surface area (Å²) in [5.41, 5.74) is 3.51. The highest BCUT2D eigenvalue weighted by Gasteiger charge is 2.43. The maximum atomic E-state index is 13.9. The first-order valence-corrected chi connectivity index (χ1v) is 11.6. The van der Waals surface area contributed by atoms with Crippen molar-refractivity contribution in [2.24, 2.45) is 5.92 Å². The fourth-order valence-corrected chi connectivity index (χ4v) is 5.55. The average molecular weight is 457 g/mol. The molecule has 178 valence electrons. The second-order valence-electron chi connectivity index (χ2n) is 9.34. The van der Waals surface area contributed by atoms with Crippen molar-refractivity contribution in [2.45, 2.75) is 38.1 Å². The SMILES string of the molecule is [2H]C([2H])([2H])C([2H])([2H])NC(=O)N(CCCN(C)C)C(=O)[C@@H]1C[C@@H]2c3cccc4[nH]cc(c34)C[C@H]2N(CC=C)C1. The van der Waals surface area contributed by atoms with E-state index in [4.69, 9.17) is 6.85 Å². The van der Waals surface area contributed by atoms with Gasteiger partial charge in [0.1, 0.15) is 0 Å². The first-order chi connectivity index (χ1) is 17.8. The molecular weight excluding hydrogens is 414 g/mol. The van der Waals surface area contributed by atoms with Crippen molar-refractivity contribution < 1.29 is 16.4 Å². The van der Waals surface area contributed by atoms with Crippen molar-refractivity contribution in [1.29, 1.82) is 0 Å². The number of carbonyl (C=O) groups is 2. The first kappa shape index (κ1) is 17.8. The third-order valence-electron chi connectivity index (χ3n) is 6.96. The molecule has 4 rings (SSSR count). The number of nitrogens with zero attached hydrogens (tertiary/aromatic N) is 3.